The summed E-state index contributed by atoms with van der Waals surface area (Å²) in [6, 6.07) is 12.7. The molecule has 0 aromatic heterocycles. The van der Waals surface area contributed by atoms with Gasteiger partial charge in [-0.15, -0.1) is 0 Å². The van der Waals surface area contributed by atoms with Crippen molar-refractivity contribution in [2.24, 2.45) is 0 Å². The minimum absolute atomic E-state index is 0.125. The van der Waals surface area contributed by atoms with Crippen molar-refractivity contribution >= 4 is 5.91 Å². The number of quaternary nitrogens is 1. The second kappa shape index (κ2) is 5.96. The molecule has 1 aromatic rings. The van der Waals surface area contributed by atoms with Crippen LogP contribution in [0.25, 0.3) is 0 Å². The Labute approximate surface area is 121 Å². The third-order valence-corrected chi connectivity index (χ3v) is 4.95. The molecule has 2 aliphatic rings. The molecule has 3 rings (SSSR count). The SMILES string of the molecule is CC(=O)NC1C[C@H]2CCC[C@H](C1)[NH+]2Cc1ccccc1. The molecule has 0 saturated carbocycles. The van der Waals surface area contributed by atoms with Crippen LogP contribution in [0.4, 0.5) is 0 Å². The lowest BCUT2D eigenvalue weighted by Gasteiger charge is -2.46. The Kier molecular flexibility index (Phi) is 4.06. The smallest absolute Gasteiger partial charge is 0.217 e. The lowest BCUT2D eigenvalue weighted by Crippen LogP contribution is -3.20. The molecule has 3 heteroatoms. The molecule has 2 heterocycles. The molecule has 0 spiro atoms. The normalized spacial score (nSPS) is 32.6. The van der Waals surface area contributed by atoms with Crippen LogP contribution in [0.15, 0.2) is 30.3 Å². The van der Waals surface area contributed by atoms with E-state index in [1.165, 1.54) is 24.8 Å². The van der Waals surface area contributed by atoms with Crippen molar-refractivity contribution < 1.29 is 9.69 Å². The average Bonchev–Trinajstić information content (AvgIpc) is 2.40. The molecule has 0 radical (unpaired) electrons. The molecule has 2 bridgehead atoms. The quantitative estimate of drug-likeness (QED) is 0.855. The molecule has 2 saturated heterocycles. The van der Waals surface area contributed by atoms with Crippen molar-refractivity contribution in [3.05, 3.63) is 35.9 Å². The van der Waals surface area contributed by atoms with E-state index in [1.807, 2.05) is 0 Å². The fourth-order valence-corrected chi connectivity index (χ4v) is 4.16. The van der Waals surface area contributed by atoms with Gasteiger partial charge in [0, 0.05) is 31.4 Å². The summed E-state index contributed by atoms with van der Waals surface area (Å²) in [6.07, 6.45) is 6.29. The fraction of sp³-hybridized carbons (Fsp3) is 0.588. The van der Waals surface area contributed by atoms with Gasteiger partial charge in [-0.25, -0.2) is 0 Å². The summed E-state index contributed by atoms with van der Waals surface area (Å²) < 4.78 is 0. The maximum absolute atomic E-state index is 11.3. The molecule has 3 nitrogen and oxygen atoms in total. The van der Waals surface area contributed by atoms with Crippen molar-refractivity contribution in [1.82, 2.24) is 5.32 Å². The zero-order chi connectivity index (χ0) is 13.9. The van der Waals surface area contributed by atoms with Crippen LogP contribution in [0.1, 0.15) is 44.6 Å². The van der Waals surface area contributed by atoms with Crippen LogP contribution >= 0.6 is 0 Å². The third kappa shape index (κ3) is 3.04. The van der Waals surface area contributed by atoms with Gasteiger partial charge in [-0.3, -0.25) is 4.79 Å². The van der Waals surface area contributed by atoms with Gasteiger partial charge < -0.3 is 10.2 Å². The molecule has 2 atom stereocenters. The largest absolute Gasteiger partial charge is 0.353 e. The van der Waals surface area contributed by atoms with Crippen LogP contribution in [0, 0.1) is 0 Å². The van der Waals surface area contributed by atoms with Crippen molar-refractivity contribution in [3.8, 4) is 0 Å². The molecular weight excluding hydrogens is 248 g/mol. The van der Waals surface area contributed by atoms with E-state index in [1.54, 1.807) is 11.8 Å². The van der Waals surface area contributed by atoms with Crippen molar-refractivity contribution in [1.29, 1.82) is 0 Å². The van der Waals surface area contributed by atoms with Crippen molar-refractivity contribution in [2.75, 3.05) is 0 Å². The van der Waals surface area contributed by atoms with E-state index in [0.29, 0.717) is 6.04 Å². The van der Waals surface area contributed by atoms with Gasteiger partial charge in [-0.2, -0.15) is 0 Å². The van der Waals surface area contributed by atoms with Crippen LogP contribution in [0.2, 0.25) is 0 Å². The molecule has 0 aliphatic carbocycles. The average molecular weight is 273 g/mol. The molecule has 1 amide bonds. The number of carbonyl (C=O) groups excluding carboxylic acids is 1. The van der Waals surface area contributed by atoms with Gasteiger partial charge in [0.25, 0.3) is 0 Å². The molecule has 0 unspecified atom stereocenters. The Morgan fingerprint density at radius 2 is 1.85 bits per heavy atom. The Hall–Kier alpha value is -1.35. The lowest BCUT2D eigenvalue weighted by atomic mass is 9.81. The molecule has 2 aliphatic heterocycles. The molecule has 108 valence electrons. The molecule has 2 N–H and O–H groups in total. The summed E-state index contributed by atoms with van der Waals surface area (Å²) >= 11 is 0. The Morgan fingerprint density at radius 1 is 1.20 bits per heavy atom. The predicted octanol–water partition coefficient (Wildman–Crippen LogP) is 1.29. The van der Waals surface area contributed by atoms with E-state index >= 15 is 0 Å². The van der Waals surface area contributed by atoms with Crippen molar-refractivity contribution in [3.63, 3.8) is 0 Å². The Balaban J connectivity index is 1.69. The second-order valence-electron chi connectivity index (χ2n) is 6.43. The van der Waals surface area contributed by atoms with Crippen LogP contribution < -0.4 is 10.2 Å². The third-order valence-electron chi connectivity index (χ3n) is 4.95. The van der Waals surface area contributed by atoms with Crippen LogP contribution in [0.3, 0.4) is 0 Å². The molecular formula is C17H25N2O+. The summed E-state index contributed by atoms with van der Waals surface area (Å²) in [5.41, 5.74) is 1.44. The van der Waals surface area contributed by atoms with E-state index in [2.05, 4.69) is 35.6 Å². The summed E-state index contributed by atoms with van der Waals surface area (Å²) in [7, 11) is 0. The summed E-state index contributed by atoms with van der Waals surface area (Å²) in [6.45, 7) is 2.78. The number of amides is 1. The van der Waals surface area contributed by atoms with E-state index in [4.69, 9.17) is 0 Å². The van der Waals surface area contributed by atoms with Gasteiger partial charge in [0.1, 0.15) is 6.54 Å². The maximum Gasteiger partial charge on any atom is 0.217 e. The van der Waals surface area contributed by atoms with Gasteiger partial charge >= 0.3 is 0 Å². The van der Waals surface area contributed by atoms with E-state index in [-0.39, 0.29) is 5.91 Å². The minimum Gasteiger partial charge on any atom is -0.353 e. The highest BCUT2D eigenvalue weighted by Crippen LogP contribution is 2.22. The first kappa shape index (κ1) is 13.6. The highest BCUT2D eigenvalue weighted by Gasteiger charge is 2.41. The number of nitrogens with one attached hydrogen (secondary N) is 2. The molecule has 20 heavy (non-hydrogen) atoms. The molecule has 2 fully saturated rings. The van der Waals surface area contributed by atoms with E-state index in [9.17, 15) is 4.79 Å². The minimum atomic E-state index is 0.125. The highest BCUT2D eigenvalue weighted by molar-refractivity contribution is 5.73. The van der Waals surface area contributed by atoms with Crippen LogP contribution in [0.5, 0.6) is 0 Å². The van der Waals surface area contributed by atoms with E-state index in [0.717, 1.165) is 31.5 Å². The highest BCUT2D eigenvalue weighted by atomic mass is 16.1. The first-order valence-electron chi connectivity index (χ1n) is 7.89. The number of fused-ring (bicyclic) bond motifs is 2. The summed E-state index contributed by atoms with van der Waals surface area (Å²) in [5.74, 6) is 0.125. The number of carbonyl (C=O) groups is 1. The summed E-state index contributed by atoms with van der Waals surface area (Å²) in [5, 5.41) is 3.14. The first-order valence-corrected chi connectivity index (χ1v) is 7.89. The van der Waals surface area contributed by atoms with Gasteiger partial charge in [0.05, 0.1) is 12.1 Å². The van der Waals surface area contributed by atoms with Crippen LogP contribution in [-0.2, 0) is 11.3 Å². The number of piperidine rings is 2. The van der Waals surface area contributed by atoms with Crippen molar-refractivity contribution in [2.45, 2.75) is 63.7 Å². The Bertz CT molecular complexity index is 445. The number of hydrogen-bond donors (Lipinski definition) is 2. The Morgan fingerprint density at radius 3 is 2.45 bits per heavy atom. The van der Waals surface area contributed by atoms with E-state index < -0.39 is 0 Å². The monoisotopic (exact) mass is 273 g/mol. The first-order chi connectivity index (χ1) is 9.72. The number of rotatable bonds is 3. The lowest BCUT2D eigenvalue weighted by molar-refractivity contribution is -0.973. The van der Waals surface area contributed by atoms with Gasteiger partial charge in [-0.1, -0.05) is 30.3 Å². The second-order valence-corrected chi connectivity index (χ2v) is 6.43. The van der Waals surface area contributed by atoms with Gasteiger partial charge in [-0.05, 0) is 19.3 Å². The number of hydrogen-bond acceptors (Lipinski definition) is 1. The zero-order valence-corrected chi connectivity index (χ0v) is 12.3. The summed E-state index contributed by atoms with van der Waals surface area (Å²) in [4.78, 5) is 13.0. The van der Waals surface area contributed by atoms with Gasteiger partial charge in [0.2, 0.25) is 5.91 Å². The molecule has 1 aromatic carbocycles. The fourth-order valence-electron chi connectivity index (χ4n) is 4.16. The topological polar surface area (TPSA) is 33.5 Å². The van der Waals surface area contributed by atoms with Gasteiger partial charge in [0.15, 0.2) is 0 Å². The number of benzene rings is 1. The zero-order valence-electron chi connectivity index (χ0n) is 12.3. The standard InChI is InChI=1S/C17H24N2O/c1-13(20)18-15-10-16-8-5-9-17(11-15)19(16)12-14-6-3-2-4-7-14/h2-4,6-7,15-17H,5,8-12H2,1H3,(H,18,20)/p+1/t16-,17-/m1/s1. The maximum atomic E-state index is 11.3. The van der Waals surface area contributed by atoms with Crippen LogP contribution in [-0.4, -0.2) is 24.0 Å². The predicted molar refractivity (Wildman–Crippen MR) is 79.4 cm³/mol.